The molecule has 4 nitrogen and oxygen atoms in total. The highest BCUT2D eigenvalue weighted by atomic mass is 16.1. The van der Waals surface area contributed by atoms with Crippen molar-refractivity contribution >= 4 is 5.78 Å². The largest absolute Gasteiger partial charge is 0.299 e. The van der Waals surface area contributed by atoms with E-state index in [0.717, 1.165) is 11.3 Å². The Balaban J connectivity index is 2.02. The third-order valence-electron chi connectivity index (χ3n) is 2.71. The van der Waals surface area contributed by atoms with Crippen LogP contribution >= 0.6 is 0 Å². The Labute approximate surface area is 107 Å². The molecule has 4 heteroatoms. The van der Waals surface area contributed by atoms with E-state index in [-0.39, 0.29) is 5.78 Å². The lowest BCUT2D eigenvalue weighted by Crippen LogP contribution is -2.07. The van der Waals surface area contributed by atoms with E-state index in [1.165, 1.54) is 11.1 Å². The Morgan fingerprint density at radius 2 is 1.83 bits per heavy atom. The molecule has 0 atom stereocenters. The van der Waals surface area contributed by atoms with Gasteiger partial charge in [-0.05, 0) is 19.4 Å². The van der Waals surface area contributed by atoms with Crippen molar-refractivity contribution in [2.75, 3.05) is 0 Å². The smallest absolute Gasteiger partial charge is 0.143 e. The van der Waals surface area contributed by atoms with Gasteiger partial charge in [0, 0.05) is 19.7 Å². The van der Waals surface area contributed by atoms with Crippen molar-refractivity contribution in [2.24, 2.45) is 7.05 Å². The van der Waals surface area contributed by atoms with Gasteiger partial charge < -0.3 is 0 Å². The van der Waals surface area contributed by atoms with Crippen molar-refractivity contribution in [3.05, 3.63) is 46.8 Å². The number of benzene rings is 1. The van der Waals surface area contributed by atoms with E-state index in [1.54, 1.807) is 17.9 Å². The summed E-state index contributed by atoms with van der Waals surface area (Å²) in [6.45, 7) is 4.09. The van der Waals surface area contributed by atoms with Crippen LogP contribution in [-0.4, -0.2) is 20.8 Å². The summed E-state index contributed by atoms with van der Waals surface area (Å²) in [6.07, 6.45) is 2.58. The van der Waals surface area contributed by atoms with Gasteiger partial charge >= 0.3 is 0 Å². The Kier molecular flexibility index (Phi) is 3.55. The standard InChI is InChI=1S/C14H17N3O/c1-10-4-11(2)6-12(5-10)7-14(18)8-13-9-17(3)16-15-13/h4-6,9H,7-8H2,1-3H3. The van der Waals surface area contributed by atoms with Crippen LogP contribution in [-0.2, 0) is 24.7 Å². The van der Waals surface area contributed by atoms with E-state index in [4.69, 9.17) is 0 Å². The number of aryl methyl sites for hydroxylation is 3. The summed E-state index contributed by atoms with van der Waals surface area (Å²) >= 11 is 0. The Bertz CT molecular complexity index is 552. The highest BCUT2D eigenvalue weighted by molar-refractivity contribution is 5.82. The molecule has 1 aromatic heterocycles. The van der Waals surface area contributed by atoms with Gasteiger partial charge in [0.2, 0.25) is 0 Å². The summed E-state index contributed by atoms with van der Waals surface area (Å²) in [5.41, 5.74) is 4.18. The maximum Gasteiger partial charge on any atom is 0.143 e. The highest BCUT2D eigenvalue weighted by Crippen LogP contribution is 2.10. The molecule has 0 saturated carbocycles. The van der Waals surface area contributed by atoms with E-state index in [1.807, 2.05) is 13.8 Å². The lowest BCUT2D eigenvalue weighted by Gasteiger charge is -2.03. The molecule has 0 aliphatic heterocycles. The Morgan fingerprint density at radius 3 is 2.39 bits per heavy atom. The molecule has 0 fully saturated rings. The molecule has 1 heterocycles. The second kappa shape index (κ2) is 5.12. The number of hydrogen-bond acceptors (Lipinski definition) is 3. The molecule has 18 heavy (non-hydrogen) atoms. The zero-order valence-corrected chi connectivity index (χ0v) is 11.0. The number of hydrogen-bond donors (Lipinski definition) is 0. The van der Waals surface area contributed by atoms with Crippen molar-refractivity contribution in [3.8, 4) is 0 Å². The predicted octanol–water partition coefficient (Wildman–Crippen LogP) is 1.79. The molecule has 0 spiro atoms. The first-order chi connectivity index (χ1) is 8.52. The number of rotatable bonds is 4. The van der Waals surface area contributed by atoms with Gasteiger partial charge in [0.15, 0.2) is 0 Å². The lowest BCUT2D eigenvalue weighted by molar-refractivity contribution is -0.117. The Hall–Kier alpha value is -1.97. The summed E-state index contributed by atoms with van der Waals surface area (Å²) in [6, 6.07) is 6.22. The van der Waals surface area contributed by atoms with Crippen molar-refractivity contribution in [1.29, 1.82) is 0 Å². The van der Waals surface area contributed by atoms with E-state index in [0.29, 0.717) is 12.8 Å². The summed E-state index contributed by atoms with van der Waals surface area (Å²) in [7, 11) is 1.80. The molecule has 0 amide bonds. The van der Waals surface area contributed by atoms with Gasteiger partial charge in [0.05, 0.1) is 12.1 Å². The molecule has 94 valence electrons. The van der Waals surface area contributed by atoms with Crippen LogP contribution in [0, 0.1) is 13.8 Å². The minimum absolute atomic E-state index is 0.167. The molecule has 0 radical (unpaired) electrons. The fraction of sp³-hybridized carbons (Fsp3) is 0.357. The first-order valence-electron chi connectivity index (χ1n) is 5.97. The van der Waals surface area contributed by atoms with Crippen LogP contribution in [0.1, 0.15) is 22.4 Å². The highest BCUT2D eigenvalue weighted by Gasteiger charge is 2.08. The van der Waals surface area contributed by atoms with Gasteiger partial charge in [-0.3, -0.25) is 9.48 Å². The monoisotopic (exact) mass is 243 g/mol. The maximum absolute atomic E-state index is 11.9. The summed E-state index contributed by atoms with van der Waals surface area (Å²) in [5, 5.41) is 7.74. The number of Topliss-reactive ketones (excluding diaryl/α,β-unsaturated/α-hetero) is 1. The molecule has 0 N–H and O–H groups in total. The molecular formula is C14H17N3O. The summed E-state index contributed by atoms with van der Waals surface area (Å²) in [4.78, 5) is 11.9. The van der Waals surface area contributed by atoms with Gasteiger partial charge in [0.25, 0.3) is 0 Å². The normalized spacial score (nSPS) is 10.6. The average Bonchev–Trinajstić information content (AvgIpc) is 2.61. The van der Waals surface area contributed by atoms with Crippen LogP contribution < -0.4 is 0 Å². The first kappa shape index (κ1) is 12.5. The predicted molar refractivity (Wildman–Crippen MR) is 69.3 cm³/mol. The van der Waals surface area contributed by atoms with Crippen LogP contribution in [0.5, 0.6) is 0 Å². The molecule has 1 aromatic carbocycles. The lowest BCUT2D eigenvalue weighted by atomic mass is 10.0. The zero-order chi connectivity index (χ0) is 13.1. The van der Waals surface area contributed by atoms with Crippen LogP contribution in [0.3, 0.4) is 0 Å². The Morgan fingerprint density at radius 1 is 1.17 bits per heavy atom. The molecule has 0 saturated heterocycles. The van der Waals surface area contributed by atoms with Gasteiger partial charge in [-0.25, -0.2) is 0 Å². The second-order valence-electron chi connectivity index (χ2n) is 4.77. The average molecular weight is 243 g/mol. The maximum atomic E-state index is 11.9. The van der Waals surface area contributed by atoms with E-state index < -0.39 is 0 Å². The third-order valence-corrected chi connectivity index (χ3v) is 2.71. The topological polar surface area (TPSA) is 47.8 Å². The van der Waals surface area contributed by atoms with Crippen molar-refractivity contribution < 1.29 is 4.79 Å². The fourth-order valence-corrected chi connectivity index (χ4v) is 2.14. The van der Waals surface area contributed by atoms with Crippen LogP contribution in [0.25, 0.3) is 0 Å². The fourth-order valence-electron chi connectivity index (χ4n) is 2.14. The minimum Gasteiger partial charge on any atom is -0.299 e. The number of carbonyl (C=O) groups excluding carboxylic acids is 1. The molecule has 0 unspecified atom stereocenters. The molecule has 2 rings (SSSR count). The summed E-state index contributed by atoms with van der Waals surface area (Å²) < 4.78 is 1.61. The third kappa shape index (κ3) is 3.26. The van der Waals surface area contributed by atoms with Gasteiger partial charge in [-0.2, -0.15) is 0 Å². The van der Waals surface area contributed by atoms with Crippen LogP contribution in [0.15, 0.2) is 24.4 Å². The number of ketones is 1. The second-order valence-corrected chi connectivity index (χ2v) is 4.77. The van der Waals surface area contributed by atoms with Crippen molar-refractivity contribution in [3.63, 3.8) is 0 Å². The van der Waals surface area contributed by atoms with Crippen LogP contribution in [0.2, 0.25) is 0 Å². The van der Waals surface area contributed by atoms with E-state index >= 15 is 0 Å². The number of aromatic nitrogens is 3. The quantitative estimate of drug-likeness (QED) is 0.822. The number of carbonyl (C=O) groups is 1. The summed E-state index contributed by atoms with van der Waals surface area (Å²) in [5.74, 6) is 0.167. The van der Waals surface area contributed by atoms with E-state index in [9.17, 15) is 4.79 Å². The zero-order valence-electron chi connectivity index (χ0n) is 11.0. The molecule has 0 aliphatic carbocycles. The molecule has 0 bridgehead atoms. The van der Waals surface area contributed by atoms with Crippen molar-refractivity contribution in [2.45, 2.75) is 26.7 Å². The molecule has 0 aliphatic rings. The SMILES string of the molecule is Cc1cc(C)cc(CC(=O)Cc2cn(C)nn2)c1. The van der Waals surface area contributed by atoms with Crippen molar-refractivity contribution in [1.82, 2.24) is 15.0 Å². The minimum atomic E-state index is 0.167. The molecular weight excluding hydrogens is 226 g/mol. The van der Waals surface area contributed by atoms with Gasteiger partial charge in [0.1, 0.15) is 5.78 Å². The van der Waals surface area contributed by atoms with Gasteiger partial charge in [-0.15, -0.1) is 5.10 Å². The van der Waals surface area contributed by atoms with Gasteiger partial charge in [-0.1, -0.05) is 34.5 Å². The van der Waals surface area contributed by atoms with E-state index in [2.05, 4.69) is 28.5 Å². The number of nitrogens with zero attached hydrogens (tertiary/aromatic N) is 3. The molecule has 2 aromatic rings. The first-order valence-corrected chi connectivity index (χ1v) is 5.97. The van der Waals surface area contributed by atoms with Crippen LogP contribution in [0.4, 0.5) is 0 Å².